The van der Waals surface area contributed by atoms with Crippen molar-refractivity contribution in [1.82, 2.24) is 0 Å². The molecule has 0 fully saturated rings. The smallest absolute Gasteiger partial charge is 0.231 e. The van der Waals surface area contributed by atoms with E-state index in [0.29, 0.717) is 0 Å². The van der Waals surface area contributed by atoms with E-state index < -0.39 is 42.5 Å². The highest BCUT2D eigenvalue weighted by Crippen LogP contribution is 2.07. The summed E-state index contributed by atoms with van der Waals surface area (Å²) in [5, 5.41) is 36.5. The first kappa shape index (κ1) is 15.2. The van der Waals surface area contributed by atoms with Crippen LogP contribution in [0.4, 0.5) is 0 Å². The van der Waals surface area contributed by atoms with Gasteiger partial charge in [-0.15, -0.1) is 0 Å². The molecule has 0 saturated heterocycles. The van der Waals surface area contributed by atoms with E-state index in [1.165, 1.54) is 0 Å². The number of carbonyl (C=O) groups excluding carboxylic acids is 2. The SMILES string of the molecule is [2H]N[C@@H](CC(C)C)C(=O)C(=O)[C@H](O)[C@H](O)[C@H](O)CO. The van der Waals surface area contributed by atoms with Crippen LogP contribution < -0.4 is 5.73 Å². The van der Waals surface area contributed by atoms with E-state index in [9.17, 15) is 19.8 Å². The lowest BCUT2D eigenvalue weighted by atomic mass is 9.94. The molecule has 18 heavy (non-hydrogen) atoms. The fourth-order valence-electron chi connectivity index (χ4n) is 1.37. The normalized spacial score (nSPS) is 18.9. The van der Waals surface area contributed by atoms with Crippen LogP contribution in [0.3, 0.4) is 0 Å². The summed E-state index contributed by atoms with van der Waals surface area (Å²) in [6.07, 6.45) is -5.58. The Morgan fingerprint density at radius 1 is 1.22 bits per heavy atom. The van der Waals surface area contributed by atoms with Gasteiger partial charge in [0.1, 0.15) is 19.7 Å². The second-order valence-corrected chi connectivity index (χ2v) is 4.60. The maximum Gasteiger partial charge on any atom is 0.231 e. The van der Waals surface area contributed by atoms with Gasteiger partial charge in [-0.1, -0.05) is 13.8 Å². The number of rotatable bonds is 9. The molecule has 0 aromatic rings. The van der Waals surface area contributed by atoms with Gasteiger partial charge >= 0.3 is 0 Å². The quantitative estimate of drug-likeness (QED) is 0.292. The Labute approximate surface area is 107 Å². The van der Waals surface area contributed by atoms with E-state index in [4.69, 9.17) is 11.6 Å². The van der Waals surface area contributed by atoms with Gasteiger partial charge in [0.15, 0.2) is 0 Å². The van der Waals surface area contributed by atoms with Crippen LogP contribution in [0.2, 0.25) is 1.41 Å². The first-order chi connectivity index (χ1) is 8.76. The van der Waals surface area contributed by atoms with E-state index in [1.54, 1.807) is 13.8 Å². The van der Waals surface area contributed by atoms with Crippen LogP contribution in [0, 0.1) is 5.92 Å². The molecule has 0 aromatic carbocycles. The highest BCUT2D eigenvalue weighted by atomic mass is 16.4. The van der Waals surface area contributed by atoms with Gasteiger partial charge in [0.05, 0.1) is 12.6 Å². The van der Waals surface area contributed by atoms with Crippen LogP contribution in [-0.2, 0) is 9.59 Å². The lowest BCUT2D eigenvalue weighted by Gasteiger charge is -2.21. The second kappa shape index (κ2) is 7.55. The van der Waals surface area contributed by atoms with Crippen molar-refractivity contribution in [2.24, 2.45) is 11.6 Å². The molecule has 0 aliphatic rings. The Balaban J connectivity index is 4.74. The molecule has 106 valence electrons. The lowest BCUT2D eigenvalue weighted by Crippen LogP contribution is -2.49. The number of aliphatic hydroxyl groups excluding tert-OH is 4. The van der Waals surface area contributed by atoms with Crippen molar-refractivity contribution in [2.45, 2.75) is 44.6 Å². The third kappa shape index (κ3) is 4.79. The van der Waals surface area contributed by atoms with Gasteiger partial charge in [0, 0.05) is 0 Å². The summed E-state index contributed by atoms with van der Waals surface area (Å²) in [4.78, 5) is 23.3. The van der Waals surface area contributed by atoms with Crippen LogP contribution in [0.5, 0.6) is 0 Å². The van der Waals surface area contributed by atoms with Crippen molar-refractivity contribution in [3.63, 3.8) is 0 Å². The molecule has 4 atom stereocenters. The molecule has 0 aliphatic heterocycles. The summed E-state index contributed by atoms with van der Waals surface area (Å²) in [7, 11) is 0. The fraction of sp³-hybridized carbons (Fsp3) is 0.818. The van der Waals surface area contributed by atoms with Gasteiger partial charge in [-0.2, -0.15) is 0 Å². The largest absolute Gasteiger partial charge is 0.394 e. The maximum absolute atomic E-state index is 11.7. The highest BCUT2D eigenvalue weighted by molar-refractivity contribution is 6.40. The molecule has 6 N–H and O–H groups in total. The Hall–Kier alpha value is -0.860. The highest BCUT2D eigenvalue weighted by Gasteiger charge is 2.35. The Morgan fingerprint density at radius 2 is 1.78 bits per heavy atom. The number of ketones is 2. The van der Waals surface area contributed by atoms with Crippen molar-refractivity contribution < 1.29 is 31.4 Å². The molecule has 0 radical (unpaired) electrons. The average molecular weight is 264 g/mol. The molecule has 0 spiro atoms. The fourth-order valence-corrected chi connectivity index (χ4v) is 1.37. The number of aliphatic hydroxyl groups is 4. The molecule has 0 saturated carbocycles. The molecule has 0 heterocycles. The van der Waals surface area contributed by atoms with Gasteiger partial charge in [-0.3, -0.25) is 9.59 Å². The summed E-state index contributed by atoms with van der Waals surface area (Å²) >= 11 is 0. The zero-order chi connectivity index (χ0) is 15.2. The summed E-state index contributed by atoms with van der Waals surface area (Å²) in [6, 6.07) is -1.08. The lowest BCUT2D eigenvalue weighted by molar-refractivity contribution is -0.150. The van der Waals surface area contributed by atoms with E-state index >= 15 is 0 Å². The van der Waals surface area contributed by atoms with Gasteiger partial charge in [0.2, 0.25) is 11.6 Å². The summed E-state index contributed by atoms with van der Waals surface area (Å²) < 4.78 is 6.99. The monoisotopic (exact) mass is 264 g/mol. The van der Waals surface area contributed by atoms with Crippen molar-refractivity contribution in [1.29, 1.82) is 0 Å². The predicted octanol–water partition coefficient (Wildman–Crippen LogP) is -2.43. The minimum atomic E-state index is -2.13. The molecule has 7 heteroatoms. The van der Waals surface area contributed by atoms with Crippen molar-refractivity contribution in [2.75, 3.05) is 6.61 Å². The Kier molecular flexibility index (Phi) is 6.37. The van der Waals surface area contributed by atoms with Crippen LogP contribution in [-0.4, -0.2) is 63.0 Å². The molecule has 0 unspecified atom stereocenters. The summed E-state index contributed by atoms with van der Waals surface area (Å²) in [6.45, 7) is 2.73. The third-order valence-corrected chi connectivity index (χ3v) is 2.44. The summed E-state index contributed by atoms with van der Waals surface area (Å²) in [5.41, 5.74) is 1.93. The van der Waals surface area contributed by atoms with Crippen LogP contribution >= 0.6 is 0 Å². The number of Topliss-reactive ketones (excluding diaryl/α,β-unsaturated/α-hetero) is 2. The molecule has 0 amide bonds. The van der Waals surface area contributed by atoms with Gasteiger partial charge in [-0.25, -0.2) is 0 Å². The minimum absolute atomic E-state index is 0.0460. The Bertz CT molecular complexity index is 312. The molecular formula is C11H21NO6. The average Bonchev–Trinajstić information content (AvgIpc) is 2.40. The molecule has 0 aromatic heterocycles. The zero-order valence-corrected chi connectivity index (χ0v) is 10.4. The van der Waals surface area contributed by atoms with Crippen molar-refractivity contribution in [3.8, 4) is 0 Å². The van der Waals surface area contributed by atoms with Crippen LogP contribution in [0.1, 0.15) is 20.3 Å². The standard InChI is InChI=1S/C11H21NO6/c1-5(2)3-6(12)8(15)10(17)11(18)9(16)7(14)4-13/h5-7,9,11,13-14,16,18H,3-4,12H2,1-2H3/t6-,7+,9+,11+/m0/s1/i/hD. The minimum Gasteiger partial charge on any atom is -0.394 e. The Morgan fingerprint density at radius 3 is 2.17 bits per heavy atom. The van der Waals surface area contributed by atoms with Crippen molar-refractivity contribution in [3.05, 3.63) is 0 Å². The first-order valence-electron chi connectivity index (χ1n) is 6.16. The number of hydrogen-bond acceptors (Lipinski definition) is 7. The number of nitrogens with two attached hydrogens (primary N) is 1. The van der Waals surface area contributed by atoms with Crippen molar-refractivity contribution >= 4 is 11.6 Å². The van der Waals surface area contributed by atoms with E-state index in [1.807, 2.05) is 5.73 Å². The number of hydrogen-bond donors (Lipinski definition) is 5. The van der Waals surface area contributed by atoms with Crippen LogP contribution in [0.15, 0.2) is 0 Å². The second-order valence-electron chi connectivity index (χ2n) is 4.60. The molecule has 7 nitrogen and oxygen atoms in total. The first-order valence-corrected chi connectivity index (χ1v) is 5.66. The van der Waals surface area contributed by atoms with Gasteiger partial charge < -0.3 is 26.2 Å². The molecule has 0 rings (SSSR count). The van der Waals surface area contributed by atoms with Gasteiger partial charge in [-0.05, 0) is 12.3 Å². The zero-order valence-electron chi connectivity index (χ0n) is 11.4. The van der Waals surface area contributed by atoms with E-state index in [2.05, 4.69) is 0 Å². The molecular weight excluding hydrogens is 242 g/mol. The molecule has 0 bridgehead atoms. The van der Waals surface area contributed by atoms with E-state index in [0.717, 1.165) is 0 Å². The third-order valence-electron chi connectivity index (χ3n) is 2.44. The molecule has 0 aliphatic carbocycles. The van der Waals surface area contributed by atoms with Gasteiger partial charge in [0.25, 0.3) is 0 Å². The number of carbonyl (C=O) groups is 2. The summed E-state index contributed by atoms with van der Waals surface area (Å²) in [5.74, 6) is -2.30. The van der Waals surface area contributed by atoms with E-state index in [-0.39, 0.29) is 12.3 Å². The maximum atomic E-state index is 11.7. The topological polar surface area (TPSA) is 141 Å². The predicted molar refractivity (Wildman–Crippen MR) is 62.6 cm³/mol. The van der Waals surface area contributed by atoms with Crippen LogP contribution in [0.25, 0.3) is 0 Å².